The van der Waals surface area contributed by atoms with Crippen LogP contribution >= 0.6 is 0 Å². The molecule has 0 amide bonds. The average Bonchev–Trinajstić information content (AvgIpc) is 2.06. The lowest BCUT2D eigenvalue weighted by Crippen LogP contribution is -2.22. The SMILES string of the molecule is Cc1cccc2c1CCCC2(C)F. The van der Waals surface area contributed by atoms with E-state index in [-0.39, 0.29) is 0 Å². The maximum atomic E-state index is 14.0. The maximum Gasteiger partial charge on any atom is 0.133 e. The zero-order valence-corrected chi connectivity index (χ0v) is 8.23. The number of fused-ring (bicyclic) bond motifs is 1. The van der Waals surface area contributed by atoms with E-state index in [0.717, 1.165) is 18.4 Å². The zero-order valence-electron chi connectivity index (χ0n) is 8.23. The van der Waals surface area contributed by atoms with Gasteiger partial charge in [0.1, 0.15) is 5.67 Å². The number of rotatable bonds is 0. The minimum Gasteiger partial charge on any atom is -0.239 e. The molecule has 1 aromatic carbocycles. The molecule has 1 atom stereocenters. The molecular formula is C12H15F. The van der Waals surface area contributed by atoms with Crippen LogP contribution in [0.5, 0.6) is 0 Å². The summed E-state index contributed by atoms with van der Waals surface area (Å²) in [6.45, 7) is 3.77. The van der Waals surface area contributed by atoms with E-state index in [9.17, 15) is 4.39 Å². The first-order valence-electron chi connectivity index (χ1n) is 4.89. The summed E-state index contributed by atoms with van der Waals surface area (Å²) in [5.41, 5.74) is 2.29. The summed E-state index contributed by atoms with van der Waals surface area (Å²) < 4.78 is 14.0. The maximum absolute atomic E-state index is 14.0. The van der Waals surface area contributed by atoms with Gasteiger partial charge in [0.15, 0.2) is 0 Å². The van der Waals surface area contributed by atoms with E-state index in [2.05, 4.69) is 13.0 Å². The second kappa shape index (κ2) is 2.83. The topological polar surface area (TPSA) is 0 Å². The highest BCUT2D eigenvalue weighted by atomic mass is 19.1. The van der Waals surface area contributed by atoms with Crippen LogP contribution in [0.2, 0.25) is 0 Å². The van der Waals surface area contributed by atoms with Crippen LogP contribution in [-0.2, 0) is 12.1 Å². The minimum absolute atomic E-state index is 0.670. The van der Waals surface area contributed by atoms with Gasteiger partial charge in [0.25, 0.3) is 0 Å². The molecular weight excluding hydrogens is 163 g/mol. The molecule has 1 unspecified atom stereocenters. The lowest BCUT2D eigenvalue weighted by atomic mass is 9.80. The fourth-order valence-corrected chi connectivity index (χ4v) is 2.25. The van der Waals surface area contributed by atoms with E-state index < -0.39 is 5.67 Å². The van der Waals surface area contributed by atoms with E-state index in [4.69, 9.17) is 0 Å². The lowest BCUT2D eigenvalue weighted by Gasteiger charge is -2.29. The van der Waals surface area contributed by atoms with Crippen LogP contribution < -0.4 is 0 Å². The third-order valence-electron chi connectivity index (χ3n) is 3.04. The molecule has 0 saturated heterocycles. The quantitative estimate of drug-likeness (QED) is 0.570. The van der Waals surface area contributed by atoms with Crippen molar-refractivity contribution < 1.29 is 4.39 Å². The van der Waals surface area contributed by atoms with Gasteiger partial charge in [-0.3, -0.25) is 0 Å². The van der Waals surface area contributed by atoms with Gasteiger partial charge in [-0.05, 0) is 49.8 Å². The van der Waals surface area contributed by atoms with Gasteiger partial charge in [-0.1, -0.05) is 18.2 Å². The van der Waals surface area contributed by atoms with Crippen molar-refractivity contribution in [2.24, 2.45) is 0 Å². The summed E-state index contributed by atoms with van der Waals surface area (Å²) in [6, 6.07) is 5.96. The molecule has 0 radical (unpaired) electrons. The van der Waals surface area contributed by atoms with Gasteiger partial charge in [-0.25, -0.2) is 4.39 Å². The van der Waals surface area contributed by atoms with Crippen molar-refractivity contribution in [2.45, 2.75) is 38.8 Å². The van der Waals surface area contributed by atoms with Crippen molar-refractivity contribution in [1.82, 2.24) is 0 Å². The van der Waals surface area contributed by atoms with Crippen molar-refractivity contribution in [3.05, 3.63) is 34.9 Å². The molecule has 1 aliphatic rings. The fraction of sp³-hybridized carbons (Fsp3) is 0.500. The van der Waals surface area contributed by atoms with Gasteiger partial charge in [-0.2, -0.15) is 0 Å². The summed E-state index contributed by atoms with van der Waals surface area (Å²) >= 11 is 0. The first kappa shape index (κ1) is 8.74. The molecule has 2 rings (SSSR count). The zero-order chi connectivity index (χ0) is 9.47. The number of benzene rings is 1. The van der Waals surface area contributed by atoms with Crippen molar-refractivity contribution in [3.63, 3.8) is 0 Å². The first-order chi connectivity index (χ1) is 6.11. The van der Waals surface area contributed by atoms with E-state index in [1.165, 1.54) is 11.1 Å². The predicted octanol–water partition coefficient (Wildman–Crippen LogP) is 3.52. The first-order valence-corrected chi connectivity index (χ1v) is 4.89. The second-order valence-electron chi connectivity index (χ2n) is 4.15. The smallest absolute Gasteiger partial charge is 0.133 e. The van der Waals surface area contributed by atoms with Crippen LogP contribution in [0, 0.1) is 6.92 Å². The van der Waals surface area contributed by atoms with Gasteiger partial charge in [0.05, 0.1) is 0 Å². The minimum atomic E-state index is -1.10. The molecule has 70 valence electrons. The fourth-order valence-electron chi connectivity index (χ4n) is 2.25. The van der Waals surface area contributed by atoms with E-state index >= 15 is 0 Å². The number of hydrogen-bond donors (Lipinski definition) is 0. The van der Waals surface area contributed by atoms with Gasteiger partial charge in [0, 0.05) is 0 Å². The summed E-state index contributed by atoms with van der Waals surface area (Å²) in [5.74, 6) is 0. The Morgan fingerprint density at radius 3 is 2.85 bits per heavy atom. The molecule has 0 fully saturated rings. The number of hydrogen-bond acceptors (Lipinski definition) is 0. The number of aryl methyl sites for hydroxylation is 1. The summed E-state index contributed by atoms with van der Waals surface area (Å²) in [5, 5.41) is 0. The van der Waals surface area contributed by atoms with E-state index in [1.54, 1.807) is 6.92 Å². The van der Waals surface area contributed by atoms with Gasteiger partial charge in [0.2, 0.25) is 0 Å². The van der Waals surface area contributed by atoms with Gasteiger partial charge >= 0.3 is 0 Å². The molecule has 0 spiro atoms. The molecule has 1 aliphatic carbocycles. The van der Waals surface area contributed by atoms with Crippen molar-refractivity contribution in [1.29, 1.82) is 0 Å². The molecule has 0 saturated carbocycles. The Bertz CT molecular complexity index is 326. The number of alkyl halides is 1. The largest absolute Gasteiger partial charge is 0.239 e. The van der Waals surface area contributed by atoms with E-state index in [0.29, 0.717) is 6.42 Å². The third kappa shape index (κ3) is 1.37. The van der Waals surface area contributed by atoms with E-state index in [1.807, 2.05) is 12.1 Å². The number of halogens is 1. The van der Waals surface area contributed by atoms with Crippen molar-refractivity contribution >= 4 is 0 Å². The van der Waals surface area contributed by atoms with Crippen LogP contribution in [-0.4, -0.2) is 0 Å². The second-order valence-corrected chi connectivity index (χ2v) is 4.15. The molecule has 1 aromatic rings. The molecule has 0 bridgehead atoms. The molecule has 1 heteroatoms. The lowest BCUT2D eigenvalue weighted by molar-refractivity contribution is 0.162. The Labute approximate surface area is 78.8 Å². The van der Waals surface area contributed by atoms with Crippen LogP contribution in [0.25, 0.3) is 0 Å². The van der Waals surface area contributed by atoms with Crippen LogP contribution in [0.3, 0.4) is 0 Å². The van der Waals surface area contributed by atoms with Crippen LogP contribution in [0.1, 0.15) is 36.5 Å². The predicted molar refractivity (Wildman–Crippen MR) is 52.6 cm³/mol. The Morgan fingerprint density at radius 1 is 1.38 bits per heavy atom. The summed E-state index contributed by atoms with van der Waals surface area (Å²) in [6.07, 6.45) is 2.69. The standard InChI is InChI=1S/C12H15F/c1-9-5-3-7-11-10(9)6-4-8-12(11,2)13/h3,5,7H,4,6,8H2,1-2H3. The molecule has 0 aliphatic heterocycles. The van der Waals surface area contributed by atoms with Crippen molar-refractivity contribution in [2.75, 3.05) is 0 Å². The third-order valence-corrected chi connectivity index (χ3v) is 3.04. The summed E-state index contributed by atoms with van der Waals surface area (Å²) in [7, 11) is 0. The monoisotopic (exact) mass is 178 g/mol. The highest BCUT2D eigenvalue weighted by molar-refractivity contribution is 5.39. The van der Waals surface area contributed by atoms with Crippen LogP contribution in [0.4, 0.5) is 4.39 Å². The van der Waals surface area contributed by atoms with Gasteiger partial charge in [-0.15, -0.1) is 0 Å². The molecule has 0 N–H and O–H groups in total. The Kier molecular flexibility index (Phi) is 1.90. The Morgan fingerprint density at radius 2 is 2.15 bits per heavy atom. The highest BCUT2D eigenvalue weighted by Gasteiger charge is 2.31. The highest BCUT2D eigenvalue weighted by Crippen LogP contribution is 2.39. The molecule has 0 heterocycles. The normalized spacial score (nSPS) is 27.0. The Hall–Kier alpha value is -0.850. The Balaban J connectivity index is 2.58. The molecule has 0 nitrogen and oxygen atoms in total. The molecule has 13 heavy (non-hydrogen) atoms. The van der Waals surface area contributed by atoms with Crippen LogP contribution in [0.15, 0.2) is 18.2 Å². The van der Waals surface area contributed by atoms with Crippen molar-refractivity contribution in [3.8, 4) is 0 Å². The van der Waals surface area contributed by atoms with Gasteiger partial charge < -0.3 is 0 Å². The summed E-state index contributed by atoms with van der Waals surface area (Å²) in [4.78, 5) is 0. The molecule has 0 aromatic heterocycles. The average molecular weight is 178 g/mol.